The first kappa shape index (κ1) is 18.5. The van der Waals surface area contributed by atoms with E-state index in [0.717, 1.165) is 35.1 Å². The summed E-state index contributed by atoms with van der Waals surface area (Å²) in [7, 11) is 0. The molecule has 1 aromatic carbocycles. The fourth-order valence-electron chi connectivity index (χ4n) is 2.13. The molecule has 0 aliphatic rings. The van der Waals surface area contributed by atoms with Crippen LogP contribution in [-0.4, -0.2) is 23.9 Å². The molecule has 3 heteroatoms. The number of hydrogen-bond acceptors (Lipinski definition) is 1. The lowest BCUT2D eigenvalue weighted by atomic mass is 10.1. The molecule has 0 atom stereocenters. The zero-order valence-corrected chi connectivity index (χ0v) is 16.1. The highest BCUT2D eigenvalue weighted by Crippen LogP contribution is 2.19. The SMILES string of the molecule is Cc1cccc(C(=O)N(CCC(C)C)CCC(C)C)c1I. The maximum absolute atomic E-state index is 12.9. The summed E-state index contributed by atoms with van der Waals surface area (Å²) in [6.07, 6.45) is 2.12. The van der Waals surface area contributed by atoms with Crippen LogP contribution in [0.2, 0.25) is 0 Å². The lowest BCUT2D eigenvalue weighted by Crippen LogP contribution is -2.34. The van der Waals surface area contributed by atoms with Crippen LogP contribution in [0.1, 0.15) is 56.5 Å². The molecule has 0 aromatic heterocycles. The molecule has 0 aliphatic carbocycles. The van der Waals surface area contributed by atoms with E-state index in [1.165, 1.54) is 5.56 Å². The Kier molecular flexibility index (Phi) is 7.71. The maximum Gasteiger partial charge on any atom is 0.254 e. The van der Waals surface area contributed by atoms with Gasteiger partial charge in [0.15, 0.2) is 0 Å². The molecule has 0 fully saturated rings. The summed E-state index contributed by atoms with van der Waals surface area (Å²) in [5.74, 6) is 1.43. The van der Waals surface area contributed by atoms with Crippen LogP contribution in [0.4, 0.5) is 0 Å². The summed E-state index contributed by atoms with van der Waals surface area (Å²) >= 11 is 2.29. The van der Waals surface area contributed by atoms with Gasteiger partial charge in [-0.2, -0.15) is 0 Å². The average Bonchev–Trinajstić information content (AvgIpc) is 2.40. The standard InChI is InChI=1S/C18H28INO/c1-13(2)9-11-20(12-10-14(3)4)18(21)16-8-6-7-15(5)17(16)19/h6-8,13-14H,9-12H2,1-5H3. The minimum atomic E-state index is 0.185. The molecule has 1 aromatic rings. The van der Waals surface area contributed by atoms with Crippen molar-refractivity contribution in [3.05, 3.63) is 32.9 Å². The number of hydrogen-bond donors (Lipinski definition) is 0. The van der Waals surface area contributed by atoms with Gasteiger partial charge in [0.2, 0.25) is 0 Å². The van der Waals surface area contributed by atoms with Gasteiger partial charge in [-0.15, -0.1) is 0 Å². The summed E-state index contributed by atoms with van der Waals surface area (Å²) in [4.78, 5) is 14.9. The van der Waals surface area contributed by atoms with Crippen LogP contribution in [-0.2, 0) is 0 Å². The molecule has 0 bridgehead atoms. The lowest BCUT2D eigenvalue weighted by molar-refractivity contribution is 0.0739. The number of halogens is 1. The van der Waals surface area contributed by atoms with Crippen LogP contribution in [0.25, 0.3) is 0 Å². The molecule has 2 nitrogen and oxygen atoms in total. The molecule has 0 heterocycles. The first-order valence-electron chi connectivity index (χ1n) is 7.87. The molecule has 0 saturated carbocycles. The van der Waals surface area contributed by atoms with E-state index >= 15 is 0 Å². The Morgan fingerprint density at radius 2 is 1.62 bits per heavy atom. The smallest absolute Gasteiger partial charge is 0.254 e. The minimum absolute atomic E-state index is 0.185. The van der Waals surface area contributed by atoms with Gasteiger partial charge in [-0.25, -0.2) is 0 Å². The van der Waals surface area contributed by atoms with E-state index in [4.69, 9.17) is 0 Å². The van der Waals surface area contributed by atoms with Crippen LogP contribution in [0, 0.1) is 22.3 Å². The van der Waals surface area contributed by atoms with Crippen molar-refractivity contribution in [2.75, 3.05) is 13.1 Å². The quantitative estimate of drug-likeness (QED) is 0.580. The van der Waals surface area contributed by atoms with Crippen molar-refractivity contribution in [2.24, 2.45) is 11.8 Å². The van der Waals surface area contributed by atoms with E-state index in [1.807, 2.05) is 17.0 Å². The van der Waals surface area contributed by atoms with E-state index in [9.17, 15) is 4.79 Å². The fourth-order valence-corrected chi connectivity index (χ4v) is 2.72. The van der Waals surface area contributed by atoms with Crippen LogP contribution >= 0.6 is 22.6 Å². The second-order valence-corrected chi connectivity index (χ2v) is 7.67. The van der Waals surface area contributed by atoms with E-state index < -0.39 is 0 Å². The number of aryl methyl sites for hydroxylation is 1. The lowest BCUT2D eigenvalue weighted by Gasteiger charge is -2.25. The van der Waals surface area contributed by atoms with Gasteiger partial charge in [0.25, 0.3) is 5.91 Å². The first-order chi connectivity index (χ1) is 9.82. The summed E-state index contributed by atoms with van der Waals surface area (Å²) in [5, 5.41) is 0. The summed E-state index contributed by atoms with van der Waals surface area (Å²) in [5.41, 5.74) is 2.03. The van der Waals surface area contributed by atoms with Crippen LogP contribution in [0.3, 0.4) is 0 Å². The summed E-state index contributed by atoms with van der Waals surface area (Å²) < 4.78 is 1.08. The third-order valence-corrected chi connectivity index (χ3v) is 5.09. The van der Waals surface area contributed by atoms with E-state index in [1.54, 1.807) is 0 Å². The number of rotatable bonds is 7. The number of carbonyl (C=O) groups is 1. The molecular formula is C18H28INO. The molecular weight excluding hydrogens is 373 g/mol. The molecule has 0 aliphatic heterocycles. The Morgan fingerprint density at radius 3 is 2.10 bits per heavy atom. The second-order valence-electron chi connectivity index (χ2n) is 6.59. The molecule has 0 N–H and O–H groups in total. The number of carbonyl (C=O) groups excluding carboxylic acids is 1. The van der Waals surface area contributed by atoms with E-state index in [2.05, 4.69) is 63.3 Å². The Hall–Kier alpha value is -0.580. The predicted octanol–water partition coefficient (Wildman–Crippen LogP) is 5.13. The highest BCUT2D eigenvalue weighted by Gasteiger charge is 2.19. The third-order valence-electron chi connectivity index (χ3n) is 3.66. The fraction of sp³-hybridized carbons (Fsp3) is 0.611. The molecule has 0 saturated heterocycles. The van der Waals surface area contributed by atoms with Gasteiger partial charge >= 0.3 is 0 Å². The summed E-state index contributed by atoms with van der Waals surface area (Å²) in [6.45, 7) is 12.6. The maximum atomic E-state index is 12.9. The van der Waals surface area contributed by atoms with Crippen LogP contribution < -0.4 is 0 Å². The van der Waals surface area contributed by atoms with Crippen molar-refractivity contribution in [3.63, 3.8) is 0 Å². The van der Waals surface area contributed by atoms with Crippen LogP contribution in [0.15, 0.2) is 18.2 Å². The molecule has 1 amide bonds. The van der Waals surface area contributed by atoms with E-state index in [-0.39, 0.29) is 5.91 Å². The van der Waals surface area contributed by atoms with Crippen molar-refractivity contribution in [3.8, 4) is 0 Å². The Morgan fingerprint density at radius 1 is 1.10 bits per heavy atom. The van der Waals surface area contributed by atoms with Crippen molar-refractivity contribution < 1.29 is 4.79 Å². The largest absolute Gasteiger partial charge is 0.339 e. The van der Waals surface area contributed by atoms with Crippen molar-refractivity contribution >= 4 is 28.5 Å². The Bertz CT molecular complexity index is 456. The first-order valence-corrected chi connectivity index (χ1v) is 8.95. The molecule has 0 spiro atoms. The predicted molar refractivity (Wildman–Crippen MR) is 98.7 cm³/mol. The van der Waals surface area contributed by atoms with Gasteiger partial charge in [0.05, 0.1) is 5.56 Å². The third kappa shape index (κ3) is 5.97. The van der Waals surface area contributed by atoms with Gasteiger partial charge in [-0.3, -0.25) is 4.79 Å². The summed E-state index contributed by atoms with van der Waals surface area (Å²) in [6, 6.07) is 5.99. The topological polar surface area (TPSA) is 20.3 Å². The highest BCUT2D eigenvalue weighted by molar-refractivity contribution is 14.1. The molecule has 21 heavy (non-hydrogen) atoms. The average molecular weight is 401 g/mol. The van der Waals surface area contributed by atoms with Gasteiger partial charge < -0.3 is 4.90 Å². The molecule has 1 rings (SSSR count). The van der Waals surface area contributed by atoms with Gasteiger partial charge in [0.1, 0.15) is 0 Å². The number of amides is 1. The van der Waals surface area contributed by atoms with Gasteiger partial charge in [-0.05, 0) is 65.8 Å². The van der Waals surface area contributed by atoms with Crippen LogP contribution in [0.5, 0.6) is 0 Å². The van der Waals surface area contributed by atoms with E-state index in [0.29, 0.717) is 11.8 Å². The monoisotopic (exact) mass is 401 g/mol. The Labute approximate surface area is 143 Å². The van der Waals surface area contributed by atoms with Crippen molar-refractivity contribution in [2.45, 2.75) is 47.5 Å². The normalized spacial score (nSPS) is 11.2. The van der Waals surface area contributed by atoms with Gasteiger partial charge in [0, 0.05) is 16.7 Å². The van der Waals surface area contributed by atoms with Crippen molar-refractivity contribution in [1.29, 1.82) is 0 Å². The molecule has 0 unspecified atom stereocenters. The minimum Gasteiger partial charge on any atom is -0.339 e. The molecule has 118 valence electrons. The number of nitrogens with zero attached hydrogens (tertiary/aromatic N) is 1. The molecule has 0 radical (unpaired) electrons. The van der Waals surface area contributed by atoms with Gasteiger partial charge in [-0.1, -0.05) is 39.8 Å². The second kappa shape index (κ2) is 8.76. The number of benzene rings is 1. The zero-order chi connectivity index (χ0) is 16.0. The Balaban J connectivity index is 2.89. The zero-order valence-electron chi connectivity index (χ0n) is 13.9. The highest BCUT2D eigenvalue weighted by atomic mass is 127. The van der Waals surface area contributed by atoms with Crippen molar-refractivity contribution in [1.82, 2.24) is 4.90 Å².